The van der Waals surface area contributed by atoms with Gasteiger partial charge in [-0.15, -0.1) is 0 Å². The molecule has 3 heterocycles. The van der Waals surface area contributed by atoms with Gasteiger partial charge in [-0.1, -0.05) is 42.6 Å². The number of fused-ring (bicyclic) bond motifs is 1. The number of pyridine rings is 1. The molecule has 0 aliphatic rings. The van der Waals surface area contributed by atoms with Gasteiger partial charge in [-0.2, -0.15) is 13.4 Å². The molecule has 0 bridgehead atoms. The van der Waals surface area contributed by atoms with Crippen molar-refractivity contribution in [3.05, 3.63) is 40.3 Å². The highest BCUT2D eigenvalue weighted by Crippen LogP contribution is 2.23. The minimum absolute atomic E-state index is 0.00305. The summed E-state index contributed by atoms with van der Waals surface area (Å²) < 4.78 is 33.7. The number of carbonyl (C=O) groups excluding carboxylic acids is 1. The second-order valence-corrected chi connectivity index (χ2v) is 8.18. The van der Waals surface area contributed by atoms with E-state index in [-0.39, 0.29) is 27.2 Å². The Hall–Kier alpha value is -2.63. The van der Waals surface area contributed by atoms with Crippen molar-refractivity contribution in [3.8, 4) is 5.88 Å². The normalized spacial score (nSPS) is 11.4. The molecule has 0 atom stereocenters. The van der Waals surface area contributed by atoms with E-state index >= 15 is 0 Å². The Balaban J connectivity index is 1.89. The summed E-state index contributed by atoms with van der Waals surface area (Å²) in [5.41, 5.74) is 1.23. The molecule has 3 aromatic rings. The van der Waals surface area contributed by atoms with Crippen LogP contribution in [0.15, 0.2) is 29.4 Å². The summed E-state index contributed by atoms with van der Waals surface area (Å²) in [5, 5.41) is 1.57. The molecule has 0 aromatic carbocycles. The molecule has 0 saturated heterocycles. The Kier molecular flexibility index (Phi) is 6.10. The van der Waals surface area contributed by atoms with Gasteiger partial charge < -0.3 is 4.74 Å². The monoisotopic (exact) mass is 458 g/mol. The van der Waals surface area contributed by atoms with E-state index in [0.29, 0.717) is 5.65 Å². The standard InChI is InChI=1S/C16H16Cl2N6O4S/c1-3-4-9-5-6-11-20-13(18)14(24(11)8-9)29(26,27)23-16(25)22-15-19-10(17)7-12(21-15)28-2/h5-8H,3-4H2,1-2H3,(H2,19,21,22,23,25). The molecule has 0 aliphatic carbocycles. The summed E-state index contributed by atoms with van der Waals surface area (Å²) in [6.07, 6.45) is 3.24. The van der Waals surface area contributed by atoms with E-state index in [9.17, 15) is 13.2 Å². The van der Waals surface area contributed by atoms with Gasteiger partial charge in [0.05, 0.1) is 7.11 Å². The van der Waals surface area contributed by atoms with Crippen LogP contribution in [0.5, 0.6) is 5.88 Å². The number of anilines is 1. The number of rotatable bonds is 6. The van der Waals surface area contributed by atoms with Crippen LogP contribution < -0.4 is 14.8 Å². The van der Waals surface area contributed by atoms with Gasteiger partial charge in [0.2, 0.25) is 11.8 Å². The number of carbonyl (C=O) groups is 1. The number of aryl methyl sites for hydroxylation is 1. The minimum atomic E-state index is -4.36. The zero-order valence-corrected chi connectivity index (χ0v) is 17.6. The summed E-state index contributed by atoms with van der Waals surface area (Å²) in [6, 6.07) is 3.71. The molecular weight excluding hydrogens is 443 g/mol. The average Bonchev–Trinajstić information content (AvgIpc) is 2.96. The molecule has 0 spiro atoms. The fourth-order valence-corrected chi connectivity index (χ4v) is 4.29. The van der Waals surface area contributed by atoms with Gasteiger partial charge in [0.15, 0.2) is 10.2 Å². The molecule has 2 amide bonds. The van der Waals surface area contributed by atoms with Crippen molar-refractivity contribution in [1.29, 1.82) is 0 Å². The lowest BCUT2D eigenvalue weighted by atomic mass is 10.2. The maximum absolute atomic E-state index is 12.8. The lowest BCUT2D eigenvalue weighted by Crippen LogP contribution is -2.35. The van der Waals surface area contributed by atoms with Crippen LogP contribution in [0.3, 0.4) is 0 Å². The summed E-state index contributed by atoms with van der Waals surface area (Å²) in [6.45, 7) is 2.00. The van der Waals surface area contributed by atoms with Crippen LogP contribution in [-0.4, -0.2) is 40.9 Å². The molecule has 10 nitrogen and oxygen atoms in total. The third-order valence-corrected chi connectivity index (χ3v) is 5.64. The maximum atomic E-state index is 12.8. The summed E-state index contributed by atoms with van der Waals surface area (Å²) >= 11 is 11.8. The Morgan fingerprint density at radius 1 is 1.24 bits per heavy atom. The number of nitrogens with zero attached hydrogens (tertiary/aromatic N) is 4. The number of aromatic nitrogens is 4. The van der Waals surface area contributed by atoms with Crippen LogP contribution in [-0.2, 0) is 16.4 Å². The fraction of sp³-hybridized carbons (Fsp3) is 0.250. The van der Waals surface area contributed by atoms with E-state index in [0.717, 1.165) is 18.4 Å². The third kappa shape index (κ3) is 4.69. The van der Waals surface area contributed by atoms with Gasteiger partial charge in [-0.3, -0.25) is 9.72 Å². The Morgan fingerprint density at radius 3 is 2.69 bits per heavy atom. The molecule has 3 aromatic heterocycles. The molecule has 154 valence electrons. The summed E-state index contributed by atoms with van der Waals surface area (Å²) in [7, 11) is -3.01. The Morgan fingerprint density at radius 2 is 2.00 bits per heavy atom. The van der Waals surface area contributed by atoms with Crippen molar-refractivity contribution >= 4 is 50.9 Å². The second-order valence-electron chi connectivity index (χ2n) is 5.84. The molecule has 0 aliphatic heterocycles. The van der Waals surface area contributed by atoms with Gasteiger partial charge in [-0.25, -0.2) is 19.5 Å². The topological polar surface area (TPSA) is 128 Å². The van der Waals surface area contributed by atoms with E-state index in [1.807, 2.05) is 17.7 Å². The van der Waals surface area contributed by atoms with Crippen LogP contribution >= 0.6 is 23.2 Å². The van der Waals surface area contributed by atoms with Gasteiger partial charge in [-0.05, 0) is 18.1 Å². The van der Waals surface area contributed by atoms with Crippen LogP contribution in [0.4, 0.5) is 10.7 Å². The number of ether oxygens (including phenoxy) is 1. The number of amides is 2. The number of imidazole rings is 1. The first-order chi connectivity index (χ1) is 13.7. The Bertz CT molecular complexity index is 1180. The van der Waals surface area contributed by atoms with E-state index in [2.05, 4.69) is 20.3 Å². The van der Waals surface area contributed by atoms with Gasteiger partial charge in [0.25, 0.3) is 10.0 Å². The summed E-state index contributed by atoms with van der Waals surface area (Å²) in [4.78, 5) is 23.9. The van der Waals surface area contributed by atoms with Crippen LogP contribution in [0.2, 0.25) is 10.3 Å². The first kappa shape index (κ1) is 21.1. The van der Waals surface area contributed by atoms with E-state index in [1.165, 1.54) is 17.6 Å². The van der Waals surface area contributed by atoms with E-state index in [4.69, 9.17) is 27.9 Å². The highest BCUT2D eigenvalue weighted by atomic mass is 35.5. The number of hydrogen-bond donors (Lipinski definition) is 2. The van der Waals surface area contributed by atoms with Gasteiger partial charge in [0.1, 0.15) is 10.8 Å². The van der Waals surface area contributed by atoms with E-state index < -0.39 is 16.1 Å². The smallest absolute Gasteiger partial charge is 0.335 e. The molecule has 29 heavy (non-hydrogen) atoms. The van der Waals surface area contributed by atoms with Crippen molar-refractivity contribution in [2.24, 2.45) is 0 Å². The number of nitrogens with one attached hydrogen (secondary N) is 2. The zero-order valence-electron chi connectivity index (χ0n) is 15.3. The molecule has 0 saturated carbocycles. The van der Waals surface area contributed by atoms with Crippen LogP contribution in [0.25, 0.3) is 5.65 Å². The predicted octanol–water partition coefficient (Wildman–Crippen LogP) is 2.90. The van der Waals surface area contributed by atoms with Crippen molar-refractivity contribution in [2.45, 2.75) is 24.8 Å². The number of sulfonamides is 1. The second kappa shape index (κ2) is 8.39. The van der Waals surface area contributed by atoms with Gasteiger partial charge in [0, 0.05) is 12.3 Å². The van der Waals surface area contributed by atoms with Crippen LogP contribution in [0.1, 0.15) is 18.9 Å². The first-order valence-corrected chi connectivity index (χ1v) is 10.6. The molecule has 3 rings (SSSR count). The van der Waals surface area contributed by atoms with E-state index in [1.54, 1.807) is 12.3 Å². The average molecular weight is 459 g/mol. The van der Waals surface area contributed by atoms with Crippen molar-refractivity contribution < 1.29 is 17.9 Å². The highest BCUT2D eigenvalue weighted by Gasteiger charge is 2.27. The number of methoxy groups -OCH3 is 1. The highest BCUT2D eigenvalue weighted by molar-refractivity contribution is 7.90. The maximum Gasteiger partial charge on any atom is 0.335 e. The van der Waals surface area contributed by atoms with Crippen molar-refractivity contribution in [1.82, 2.24) is 24.1 Å². The zero-order chi connectivity index (χ0) is 21.2. The fourth-order valence-electron chi connectivity index (χ4n) is 2.57. The largest absolute Gasteiger partial charge is 0.481 e. The first-order valence-electron chi connectivity index (χ1n) is 8.32. The number of hydrogen-bond acceptors (Lipinski definition) is 7. The summed E-state index contributed by atoms with van der Waals surface area (Å²) in [5.74, 6) is -0.145. The molecule has 0 fully saturated rings. The molecule has 0 radical (unpaired) electrons. The lowest BCUT2D eigenvalue weighted by Gasteiger charge is -2.09. The van der Waals surface area contributed by atoms with Crippen molar-refractivity contribution in [3.63, 3.8) is 0 Å². The van der Waals surface area contributed by atoms with Crippen molar-refractivity contribution in [2.75, 3.05) is 12.4 Å². The SMILES string of the molecule is CCCc1ccc2nc(Cl)c(S(=O)(=O)NC(=O)Nc3nc(Cl)cc(OC)n3)n2c1. The molecular formula is C16H16Cl2N6O4S. The predicted molar refractivity (Wildman–Crippen MR) is 107 cm³/mol. The molecule has 2 N–H and O–H groups in total. The van der Waals surface area contributed by atoms with Gasteiger partial charge >= 0.3 is 6.03 Å². The van der Waals surface area contributed by atoms with Crippen LogP contribution in [0, 0.1) is 0 Å². The lowest BCUT2D eigenvalue weighted by molar-refractivity contribution is 0.256. The number of urea groups is 1. The number of halogens is 2. The molecule has 0 unspecified atom stereocenters. The minimum Gasteiger partial charge on any atom is -0.481 e. The molecule has 13 heteroatoms. The third-order valence-electron chi connectivity index (χ3n) is 3.72. The quantitative estimate of drug-likeness (QED) is 0.543. The Labute approximate surface area is 176 Å².